The number of aryl methyl sites for hydroxylation is 1. The zero-order valence-corrected chi connectivity index (χ0v) is 14.6. The van der Waals surface area contributed by atoms with Crippen LogP contribution in [0.5, 0.6) is 0 Å². The van der Waals surface area contributed by atoms with Gasteiger partial charge in [-0.25, -0.2) is 4.57 Å². The second kappa shape index (κ2) is 6.37. The molecule has 124 valence electrons. The number of aromatic nitrogens is 2. The molecular formula is C18H22N5S+. The van der Waals surface area contributed by atoms with Crippen LogP contribution in [0.4, 0.5) is 0 Å². The van der Waals surface area contributed by atoms with Crippen LogP contribution in [0.1, 0.15) is 10.4 Å². The van der Waals surface area contributed by atoms with Gasteiger partial charge in [0.1, 0.15) is 12.9 Å². The molecule has 1 saturated heterocycles. The zero-order valence-electron chi connectivity index (χ0n) is 13.8. The average molecular weight is 340 g/mol. The third-order valence-electron chi connectivity index (χ3n) is 4.54. The second-order valence-electron chi connectivity index (χ2n) is 6.28. The van der Waals surface area contributed by atoms with Crippen LogP contribution in [0.2, 0.25) is 0 Å². The molecule has 1 fully saturated rings. The van der Waals surface area contributed by atoms with Gasteiger partial charge in [0.2, 0.25) is 0 Å². The number of amidine groups is 1. The first-order valence-corrected chi connectivity index (χ1v) is 9.15. The standard InChI is InChI=1S/C18H22N5S/c1-21-6-3-17-14(11-21)2-7-23(17)12-16-10-15(13-24-16)18(19)22-8-4-20-5-9-22/h2-3,6-7,10-11,13,19-20H,4-5,8-9,12H2,1H3/q+1. The van der Waals surface area contributed by atoms with Gasteiger partial charge in [-0.2, -0.15) is 0 Å². The number of pyridine rings is 1. The number of thiophene rings is 1. The monoisotopic (exact) mass is 340 g/mol. The van der Waals surface area contributed by atoms with Crippen LogP contribution in [0.25, 0.3) is 10.9 Å². The summed E-state index contributed by atoms with van der Waals surface area (Å²) in [6.45, 7) is 4.63. The number of nitrogens with zero attached hydrogens (tertiary/aromatic N) is 3. The van der Waals surface area contributed by atoms with Gasteiger partial charge in [0.15, 0.2) is 12.4 Å². The third kappa shape index (κ3) is 2.95. The average Bonchev–Trinajstić information content (AvgIpc) is 3.22. The van der Waals surface area contributed by atoms with Crippen molar-refractivity contribution in [2.45, 2.75) is 6.54 Å². The molecule has 24 heavy (non-hydrogen) atoms. The molecule has 4 rings (SSSR count). The van der Waals surface area contributed by atoms with Crippen molar-refractivity contribution in [2.75, 3.05) is 26.2 Å². The van der Waals surface area contributed by atoms with Gasteiger partial charge >= 0.3 is 0 Å². The Hall–Kier alpha value is -2.18. The topological polar surface area (TPSA) is 47.9 Å². The summed E-state index contributed by atoms with van der Waals surface area (Å²) in [5.74, 6) is 0.656. The lowest BCUT2D eigenvalue weighted by atomic mass is 10.2. The minimum atomic E-state index is 0.656. The van der Waals surface area contributed by atoms with Crippen LogP contribution in [0.15, 0.2) is 42.2 Å². The van der Waals surface area contributed by atoms with E-state index in [1.54, 1.807) is 11.3 Å². The maximum Gasteiger partial charge on any atom is 0.177 e. The van der Waals surface area contributed by atoms with E-state index < -0.39 is 0 Å². The van der Waals surface area contributed by atoms with Crippen molar-refractivity contribution in [3.05, 3.63) is 52.6 Å². The first kappa shape index (κ1) is 15.4. The van der Waals surface area contributed by atoms with E-state index in [0.717, 1.165) is 38.3 Å². The highest BCUT2D eigenvalue weighted by Gasteiger charge is 2.16. The molecule has 3 aromatic heterocycles. The van der Waals surface area contributed by atoms with E-state index in [-0.39, 0.29) is 0 Å². The summed E-state index contributed by atoms with van der Waals surface area (Å²) in [5.41, 5.74) is 2.29. The summed E-state index contributed by atoms with van der Waals surface area (Å²) in [7, 11) is 2.05. The fraction of sp³-hybridized carbons (Fsp3) is 0.333. The summed E-state index contributed by atoms with van der Waals surface area (Å²) in [4.78, 5) is 3.45. The molecule has 0 spiro atoms. The zero-order chi connectivity index (χ0) is 16.5. The van der Waals surface area contributed by atoms with E-state index in [4.69, 9.17) is 5.41 Å². The molecule has 0 atom stereocenters. The van der Waals surface area contributed by atoms with Crippen LogP contribution in [0.3, 0.4) is 0 Å². The van der Waals surface area contributed by atoms with Crippen molar-refractivity contribution in [2.24, 2.45) is 7.05 Å². The molecule has 0 aromatic carbocycles. The molecule has 0 saturated carbocycles. The smallest absolute Gasteiger partial charge is 0.177 e. The summed E-state index contributed by atoms with van der Waals surface area (Å²) in [6, 6.07) is 6.49. The Morgan fingerprint density at radius 2 is 2.17 bits per heavy atom. The number of rotatable bonds is 3. The lowest BCUT2D eigenvalue weighted by Crippen LogP contribution is -2.46. The van der Waals surface area contributed by atoms with E-state index in [1.165, 1.54) is 15.8 Å². The van der Waals surface area contributed by atoms with Crippen LogP contribution in [0, 0.1) is 5.41 Å². The van der Waals surface area contributed by atoms with Gasteiger partial charge in [-0.05, 0) is 12.1 Å². The van der Waals surface area contributed by atoms with Crippen molar-refractivity contribution in [1.82, 2.24) is 14.8 Å². The molecule has 0 radical (unpaired) electrons. The van der Waals surface area contributed by atoms with Crippen molar-refractivity contribution in [1.29, 1.82) is 5.41 Å². The normalized spacial score (nSPS) is 15.1. The lowest BCUT2D eigenvalue weighted by Gasteiger charge is -2.29. The highest BCUT2D eigenvalue weighted by atomic mass is 32.1. The van der Waals surface area contributed by atoms with Crippen LogP contribution in [-0.2, 0) is 13.6 Å². The molecule has 0 aliphatic carbocycles. The predicted molar refractivity (Wildman–Crippen MR) is 97.8 cm³/mol. The van der Waals surface area contributed by atoms with Crippen LogP contribution in [-0.4, -0.2) is 41.5 Å². The van der Waals surface area contributed by atoms with Gasteiger partial charge < -0.3 is 14.8 Å². The fourth-order valence-electron chi connectivity index (χ4n) is 3.22. The Morgan fingerprint density at radius 1 is 1.33 bits per heavy atom. The summed E-state index contributed by atoms with van der Waals surface area (Å²) in [5, 5.41) is 15.1. The van der Waals surface area contributed by atoms with Gasteiger partial charge in [-0.3, -0.25) is 5.41 Å². The summed E-state index contributed by atoms with van der Waals surface area (Å²) < 4.78 is 4.35. The molecule has 6 heteroatoms. The Balaban J connectivity index is 1.53. The van der Waals surface area contributed by atoms with Gasteiger partial charge in [0.05, 0.1) is 17.4 Å². The highest BCUT2D eigenvalue weighted by molar-refractivity contribution is 7.10. The first-order valence-electron chi connectivity index (χ1n) is 8.27. The molecule has 0 unspecified atom stereocenters. The van der Waals surface area contributed by atoms with Gasteiger partial charge in [-0.15, -0.1) is 11.3 Å². The molecule has 5 nitrogen and oxygen atoms in total. The Kier molecular flexibility index (Phi) is 4.08. The molecule has 4 heterocycles. The number of fused-ring (bicyclic) bond motifs is 1. The number of piperazine rings is 1. The third-order valence-corrected chi connectivity index (χ3v) is 5.46. The summed E-state index contributed by atoms with van der Waals surface area (Å²) >= 11 is 1.74. The van der Waals surface area contributed by atoms with Crippen LogP contribution < -0.4 is 9.88 Å². The van der Waals surface area contributed by atoms with E-state index in [0.29, 0.717) is 5.84 Å². The minimum Gasteiger partial charge on any atom is -0.354 e. The molecule has 2 N–H and O–H groups in total. The van der Waals surface area contributed by atoms with Crippen LogP contribution >= 0.6 is 11.3 Å². The van der Waals surface area contributed by atoms with Crippen molar-refractivity contribution >= 4 is 28.1 Å². The maximum atomic E-state index is 8.44. The lowest BCUT2D eigenvalue weighted by molar-refractivity contribution is -0.670. The van der Waals surface area contributed by atoms with Crippen molar-refractivity contribution < 1.29 is 4.57 Å². The molecule has 1 aliphatic rings. The predicted octanol–water partition coefficient (Wildman–Crippen LogP) is 1.81. The fourth-order valence-corrected chi connectivity index (χ4v) is 4.08. The summed E-state index contributed by atoms with van der Waals surface area (Å²) in [6.07, 6.45) is 6.37. The second-order valence-corrected chi connectivity index (χ2v) is 7.28. The SMILES string of the molecule is C[n+]1ccc2c(ccn2Cc2cc(C(=N)N3CCNCC3)cs2)c1. The number of nitrogens with one attached hydrogen (secondary N) is 2. The Labute approximate surface area is 145 Å². The minimum absolute atomic E-state index is 0.656. The number of hydrogen-bond acceptors (Lipinski definition) is 3. The molecule has 3 aromatic rings. The van der Waals surface area contributed by atoms with E-state index in [9.17, 15) is 0 Å². The van der Waals surface area contributed by atoms with E-state index in [1.807, 2.05) is 7.05 Å². The van der Waals surface area contributed by atoms with Crippen molar-refractivity contribution in [3.8, 4) is 0 Å². The largest absolute Gasteiger partial charge is 0.354 e. The van der Waals surface area contributed by atoms with Gasteiger partial charge in [0.25, 0.3) is 0 Å². The molecule has 0 amide bonds. The Bertz CT molecular complexity index is 873. The maximum absolute atomic E-state index is 8.44. The quantitative estimate of drug-likeness (QED) is 0.434. The molecule has 1 aliphatic heterocycles. The van der Waals surface area contributed by atoms with Gasteiger partial charge in [-0.1, -0.05) is 0 Å². The van der Waals surface area contributed by atoms with E-state index in [2.05, 4.69) is 61.5 Å². The molecular weight excluding hydrogens is 318 g/mol. The number of hydrogen-bond donors (Lipinski definition) is 2. The van der Waals surface area contributed by atoms with Gasteiger partial charge in [0, 0.05) is 54.3 Å². The van der Waals surface area contributed by atoms with Crippen molar-refractivity contribution in [3.63, 3.8) is 0 Å². The first-order chi connectivity index (χ1) is 11.7. The highest BCUT2D eigenvalue weighted by Crippen LogP contribution is 2.21. The molecule has 0 bridgehead atoms. The Morgan fingerprint density at radius 3 is 3.00 bits per heavy atom. The van der Waals surface area contributed by atoms with E-state index >= 15 is 0 Å².